The maximum Gasteiger partial charge on any atom is 0.191 e. The highest BCUT2D eigenvalue weighted by Crippen LogP contribution is 2.21. The molecule has 0 spiro atoms. The van der Waals surface area contributed by atoms with Crippen LogP contribution in [0.5, 0.6) is 0 Å². The molecule has 170 valence electrons. The van der Waals surface area contributed by atoms with Crippen LogP contribution < -0.4 is 10.6 Å². The summed E-state index contributed by atoms with van der Waals surface area (Å²) in [4.78, 5) is 9.93. The third-order valence-corrected chi connectivity index (χ3v) is 6.01. The third kappa shape index (κ3) is 8.32. The molecule has 2 saturated heterocycles. The van der Waals surface area contributed by atoms with Crippen molar-refractivity contribution in [1.82, 2.24) is 20.4 Å². The average Bonchev–Trinajstić information content (AvgIpc) is 2.75. The van der Waals surface area contributed by atoms with E-state index in [0.29, 0.717) is 12.6 Å². The van der Waals surface area contributed by atoms with E-state index in [1.807, 2.05) is 0 Å². The highest BCUT2D eigenvalue weighted by molar-refractivity contribution is 14.0. The van der Waals surface area contributed by atoms with Crippen LogP contribution in [0.1, 0.15) is 44.2 Å². The summed E-state index contributed by atoms with van der Waals surface area (Å²) in [7, 11) is 0. The van der Waals surface area contributed by atoms with Gasteiger partial charge in [-0.3, -0.25) is 9.80 Å². The fourth-order valence-electron chi connectivity index (χ4n) is 4.14. The summed E-state index contributed by atoms with van der Waals surface area (Å²) < 4.78 is 5.42. The molecule has 6 nitrogen and oxygen atoms in total. The number of morpholine rings is 1. The van der Waals surface area contributed by atoms with Crippen molar-refractivity contribution in [2.24, 2.45) is 4.99 Å². The minimum absolute atomic E-state index is 0. The fourth-order valence-corrected chi connectivity index (χ4v) is 4.14. The molecule has 7 heteroatoms. The van der Waals surface area contributed by atoms with Gasteiger partial charge in [0.25, 0.3) is 0 Å². The monoisotopic (exact) mass is 529 g/mol. The van der Waals surface area contributed by atoms with Gasteiger partial charge in [0.15, 0.2) is 5.96 Å². The highest BCUT2D eigenvalue weighted by atomic mass is 127. The lowest BCUT2D eigenvalue weighted by Gasteiger charge is -2.33. The standard InChI is InChI=1S/C23H39N5O.HI/c1-3-24-23(25-11-13-27-14-16-29-17-15-27)26-18-21-9-4-5-10-22(21)19-28-12-7-6-8-20(28)2;/h4-5,9-10,20H,3,6-8,11-19H2,1-2H3,(H2,24,25,26);1H. The van der Waals surface area contributed by atoms with Crippen LogP contribution in [0.25, 0.3) is 0 Å². The topological polar surface area (TPSA) is 52.1 Å². The number of hydrogen-bond donors (Lipinski definition) is 2. The second kappa shape index (κ2) is 14.2. The summed E-state index contributed by atoms with van der Waals surface area (Å²) in [6.45, 7) is 14.0. The van der Waals surface area contributed by atoms with Gasteiger partial charge >= 0.3 is 0 Å². The van der Waals surface area contributed by atoms with E-state index in [2.05, 4.69) is 58.5 Å². The van der Waals surface area contributed by atoms with Gasteiger partial charge in [0.2, 0.25) is 0 Å². The molecule has 1 aromatic rings. The Balaban J connectivity index is 0.00000320. The second-order valence-electron chi connectivity index (χ2n) is 8.16. The SMILES string of the molecule is CCNC(=NCc1ccccc1CN1CCCCC1C)NCCN1CCOCC1.I. The number of nitrogens with one attached hydrogen (secondary N) is 2. The summed E-state index contributed by atoms with van der Waals surface area (Å²) in [6, 6.07) is 9.46. The predicted octanol–water partition coefficient (Wildman–Crippen LogP) is 3.07. The van der Waals surface area contributed by atoms with Crippen LogP contribution in [0, 0.1) is 0 Å². The summed E-state index contributed by atoms with van der Waals surface area (Å²) >= 11 is 0. The highest BCUT2D eigenvalue weighted by Gasteiger charge is 2.19. The number of piperidine rings is 1. The molecule has 0 radical (unpaired) electrons. The lowest BCUT2D eigenvalue weighted by Crippen LogP contribution is -2.44. The van der Waals surface area contributed by atoms with E-state index in [0.717, 1.165) is 58.4 Å². The van der Waals surface area contributed by atoms with Crippen molar-refractivity contribution in [1.29, 1.82) is 0 Å². The molecular formula is C23H40IN5O. The van der Waals surface area contributed by atoms with Gasteiger partial charge in [-0.2, -0.15) is 0 Å². The van der Waals surface area contributed by atoms with E-state index in [4.69, 9.17) is 9.73 Å². The number of likely N-dealkylation sites (tertiary alicyclic amines) is 1. The van der Waals surface area contributed by atoms with Crippen LogP contribution in [-0.2, 0) is 17.8 Å². The zero-order valence-electron chi connectivity index (χ0n) is 18.7. The summed E-state index contributed by atoms with van der Waals surface area (Å²) in [5, 5.41) is 6.88. The Labute approximate surface area is 199 Å². The van der Waals surface area contributed by atoms with E-state index in [1.165, 1.54) is 36.9 Å². The largest absolute Gasteiger partial charge is 0.379 e. The molecule has 1 aromatic carbocycles. The quantitative estimate of drug-likeness (QED) is 0.308. The minimum Gasteiger partial charge on any atom is -0.379 e. The fraction of sp³-hybridized carbons (Fsp3) is 0.696. The number of aliphatic imine (C=N–C) groups is 1. The molecule has 30 heavy (non-hydrogen) atoms. The van der Waals surface area contributed by atoms with Crippen LogP contribution in [0.15, 0.2) is 29.3 Å². The van der Waals surface area contributed by atoms with Crippen molar-refractivity contribution >= 4 is 29.9 Å². The Morgan fingerprint density at radius 1 is 1.10 bits per heavy atom. The first-order valence-corrected chi connectivity index (χ1v) is 11.4. The van der Waals surface area contributed by atoms with E-state index in [9.17, 15) is 0 Å². The van der Waals surface area contributed by atoms with Crippen LogP contribution in [0.2, 0.25) is 0 Å². The first-order chi connectivity index (χ1) is 14.3. The first-order valence-electron chi connectivity index (χ1n) is 11.4. The summed E-state index contributed by atoms with van der Waals surface area (Å²) in [5.41, 5.74) is 2.74. The maximum absolute atomic E-state index is 5.42. The van der Waals surface area contributed by atoms with Gasteiger partial charge in [-0.15, -0.1) is 24.0 Å². The van der Waals surface area contributed by atoms with Crippen LogP contribution in [-0.4, -0.2) is 74.3 Å². The molecule has 2 aliphatic rings. The Morgan fingerprint density at radius 2 is 1.87 bits per heavy atom. The molecule has 3 rings (SSSR count). The zero-order valence-corrected chi connectivity index (χ0v) is 21.1. The molecule has 0 amide bonds. The summed E-state index contributed by atoms with van der Waals surface area (Å²) in [5.74, 6) is 0.905. The van der Waals surface area contributed by atoms with E-state index in [-0.39, 0.29) is 24.0 Å². The number of nitrogens with zero attached hydrogens (tertiary/aromatic N) is 3. The molecule has 2 aliphatic heterocycles. The molecular weight excluding hydrogens is 489 g/mol. The number of benzene rings is 1. The predicted molar refractivity (Wildman–Crippen MR) is 136 cm³/mol. The lowest BCUT2D eigenvalue weighted by atomic mass is 10.0. The number of halogens is 1. The van der Waals surface area contributed by atoms with Gasteiger partial charge in [-0.25, -0.2) is 4.99 Å². The molecule has 0 saturated carbocycles. The summed E-state index contributed by atoms with van der Waals surface area (Å²) in [6.07, 6.45) is 4.01. The van der Waals surface area contributed by atoms with Crippen molar-refractivity contribution in [2.75, 3.05) is 52.5 Å². The smallest absolute Gasteiger partial charge is 0.191 e. The van der Waals surface area contributed by atoms with Gasteiger partial charge in [0.05, 0.1) is 19.8 Å². The van der Waals surface area contributed by atoms with Gasteiger partial charge < -0.3 is 15.4 Å². The van der Waals surface area contributed by atoms with Crippen LogP contribution >= 0.6 is 24.0 Å². The van der Waals surface area contributed by atoms with Crippen molar-refractivity contribution in [3.05, 3.63) is 35.4 Å². The first kappa shape index (κ1) is 25.4. The van der Waals surface area contributed by atoms with E-state index in [1.54, 1.807) is 0 Å². The molecule has 0 bridgehead atoms. The average molecular weight is 530 g/mol. The molecule has 2 fully saturated rings. The van der Waals surface area contributed by atoms with Gasteiger partial charge in [-0.1, -0.05) is 30.7 Å². The number of guanidine groups is 1. The number of hydrogen-bond acceptors (Lipinski definition) is 4. The Bertz CT molecular complexity index is 636. The number of rotatable bonds is 8. The second-order valence-corrected chi connectivity index (χ2v) is 8.16. The van der Waals surface area contributed by atoms with Crippen molar-refractivity contribution < 1.29 is 4.74 Å². The molecule has 0 aromatic heterocycles. The van der Waals surface area contributed by atoms with Gasteiger partial charge in [-0.05, 0) is 44.4 Å². The van der Waals surface area contributed by atoms with Gasteiger partial charge in [0, 0.05) is 45.3 Å². The molecule has 0 aliphatic carbocycles. The van der Waals surface area contributed by atoms with Crippen molar-refractivity contribution in [2.45, 2.75) is 52.2 Å². The normalized spacial score (nSPS) is 21.1. The van der Waals surface area contributed by atoms with E-state index >= 15 is 0 Å². The molecule has 1 atom stereocenters. The van der Waals surface area contributed by atoms with E-state index < -0.39 is 0 Å². The Hall–Kier alpha value is -0.900. The Kier molecular flexibility index (Phi) is 12.0. The molecule has 2 N–H and O–H groups in total. The molecule has 2 heterocycles. The van der Waals surface area contributed by atoms with Crippen LogP contribution in [0.4, 0.5) is 0 Å². The van der Waals surface area contributed by atoms with Crippen LogP contribution in [0.3, 0.4) is 0 Å². The lowest BCUT2D eigenvalue weighted by molar-refractivity contribution is 0.0389. The zero-order chi connectivity index (χ0) is 20.3. The Morgan fingerprint density at radius 3 is 2.60 bits per heavy atom. The van der Waals surface area contributed by atoms with Crippen molar-refractivity contribution in [3.8, 4) is 0 Å². The third-order valence-electron chi connectivity index (χ3n) is 6.01. The van der Waals surface area contributed by atoms with Gasteiger partial charge in [0.1, 0.15) is 0 Å². The minimum atomic E-state index is 0. The maximum atomic E-state index is 5.42. The van der Waals surface area contributed by atoms with Crippen molar-refractivity contribution in [3.63, 3.8) is 0 Å². The molecule has 1 unspecified atom stereocenters. The number of ether oxygens (including phenoxy) is 1.